The standard InChI is InChI=1S/C70H47N/c1-3-23-53(24-4-1)69(54-25-5-2-6-26-54)64-32-13-15-34-66(64)70(67-35-16-14-33-65(67)69)62-31-12-11-29-60(62)61-47-52(41-46-63(61)70)48-37-42-55(43-38-48)71(68-36-18-22-50-20-8-10-28-59(50)68)56-44-39-51(40-45-56)58-30-17-21-49-19-7-9-27-57(49)58/h1-47H. The third kappa shape index (κ3) is 6.06. The summed E-state index contributed by atoms with van der Waals surface area (Å²) in [6, 6.07) is 106. The summed E-state index contributed by atoms with van der Waals surface area (Å²) in [5.41, 5.74) is 20.1. The van der Waals surface area contributed by atoms with Crippen molar-refractivity contribution in [1.29, 1.82) is 0 Å². The molecule has 1 nitrogen and oxygen atoms in total. The Hall–Kier alpha value is -9.04. The molecule has 0 saturated heterocycles. The zero-order valence-corrected chi connectivity index (χ0v) is 39.1. The molecule has 0 fully saturated rings. The topological polar surface area (TPSA) is 3.24 Å². The van der Waals surface area contributed by atoms with Gasteiger partial charge in [-0.25, -0.2) is 0 Å². The van der Waals surface area contributed by atoms with E-state index in [-0.39, 0.29) is 0 Å². The van der Waals surface area contributed by atoms with Gasteiger partial charge < -0.3 is 4.90 Å². The molecule has 2 aliphatic carbocycles. The summed E-state index contributed by atoms with van der Waals surface area (Å²) in [5.74, 6) is 0. The van der Waals surface area contributed by atoms with Gasteiger partial charge in [0.25, 0.3) is 0 Å². The van der Waals surface area contributed by atoms with Crippen molar-refractivity contribution in [3.8, 4) is 33.4 Å². The molecular weight excluding hydrogens is 855 g/mol. The van der Waals surface area contributed by atoms with Crippen LogP contribution in [-0.2, 0) is 10.8 Å². The van der Waals surface area contributed by atoms with Crippen LogP contribution in [0.1, 0.15) is 44.5 Å². The van der Waals surface area contributed by atoms with Crippen LogP contribution in [-0.4, -0.2) is 0 Å². The third-order valence-electron chi connectivity index (χ3n) is 15.6. The number of anilines is 3. The first-order valence-electron chi connectivity index (χ1n) is 24.7. The number of rotatable bonds is 7. The van der Waals surface area contributed by atoms with Gasteiger partial charge in [0.2, 0.25) is 0 Å². The highest BCUT2D eigenvalue weighted by molar-refractivity contribution is 6.00. The van der Waals surface area contributed by atoms with E-state index in [1.54, 1.807) is 0 Å². The van der Waals surface area contributed by atoms with E-state index in [1.165, 1.54) is 99.4 Å². The first-order chi connectivity index (χ1) is 35.2. The van der Waals surface area contributed by atoms with Crippen LogP contribution in [0.2, 0.25) is 0 Å². The van der Waals surface area contributed by atoms with Crippen molar-refractivity contribution >= 4 is 38.6 Å². The summed E-state index contributed by atoms with van der Waals surface area (Å²) in [6.07, 6.45) is 0. The molecule has 1 heteroatoms. The van der Waals surface area contributed by atoms with E-state index in [2.05, 4.69) is 290 Å². The van der Waals surface area contributed by atoms with Crippen molar-refractivity contribution < 1.29 is 0 Å². The summed E-state index contributed by atoms with van der Waals surface area (Å²) in [4.78, 5) is 2.41. The predicted octanol–water partition coefficient (Wildman–Crippen LogP) is 17.9. The van der Waals surface area contributed by atoms with Crippen molar-refractivity contribution in [1.82, 2.24) is 0 Å². The number of hydrogen-bond donors (Lipinski definition) is 0. The van der Waals surface area contributed by atoms with E-state index < -0.39 is 10.8 Å². The molecule has 0 radical (unpaired) electrons. The first-order valence-corrected chi connectivity index (χ1v) is 24.7. The molecule has 12 aromatic carbocycles. The Kier molecular flexibility index (Phi) is 9.41. The molecular formula is C70H47N. The van der Waals surface area contributed by atoms with Crippen molar-refractivity contribution in [2.45, 2.75) is 10.8 Å². The smallest absolute Gasteiger partial charge is 0.0720 e. The Labute approximate surface area is 415 Å². The second-order valence-electron chi connectivity index (χ2n) is 19.1. The van der Waals surface area contributed by atoms with Gasteiger partial charge in [0.15, 0.2) is 0 Å². The van der Waals surface area contributed by atoms with Crippen LogP contribution < -0.4 is 4.90 Å². The summed E-state index contributed by atoms with van der Waals surface area (Å²) < 4.78 is 0. The average molecular weight is 902 g/mol. The normalized spacial score (nSPS) is 13.6. The van der Waals surface area contributed by atoms with Crippen LogP contribution >= 0.6 is 0 Å². The second kappa shape index (κ2) is 16.3. The van der Waals surface area contributed by atoms with Crippen LogP contribution in [0.5, 0.6) is 0 Å². The van der Waals surface area contributed by atoms with Gasteiger partial charge >= 0.3 is 0 Å². The van der Waals surface area contributed by atoms with Crippen molar-refractivity contribution in [2.75, 3.05) is 4.90 Å². The van der Waals surface area contributed by atoms with Gasteiger partial charge in [-0.1, -0.05) is 249 Å². The fourth-order valence-electron chi connectivity index (χ4n) is 12.7. The summed E-state index contributed by atoms with van der Waals surface area (Å²) >= 11 is 0. The zero-order chi connectivity index (χ0) is 46.9. The van der Waals surface area contributed by atoms with E-state index in [0.717, 1.165) is 17.1 Å². The van der Waals surface area contributed by atoms with Gasteiger partial charge in [-0.15, -0.1) is 0 Å². The Bertz CT molecular complexity index is 3880. The molecule has 332 valence electrons. The summed E-state index contributed by atoms with van der Waals surface area (Å²) in [6.45, 7) is 0. The van der Waals surface area contributed by atoms with Gasteiger partial charge in [0.1, 0.15) is 0 Å². The quantitative estimate of drug-likeness (QED) is 0.154. The van der Waals surface area contributed by atoms with Crippen LogP contribution in [0.4, 0.5) is 17.1 Å². The number of fused-ring (bicyclic) bond motifs is 11. The lowest BCUT2D eigenvalue weighted by Gasteiger charge is -2.50. The van der Waals surface area contributed by atoms with Gasteiger partial charge in [0.05, 0.1) is 16.5 Å². The van der Waals surface area contributed by atoms with Crippen molar-refractivity contribution in [3.05, 3.63) is 330 Å². The zero-order valence-electron chi connectivity index (χ0n) is 39.1. The van der Waals surface area contributed by atoms with Gasteiger partial charge in [-0.3, -0.25) is 0 Å². The minimum atomic E-state index is -0.531. The molecule has 0 bridgehead atoms. The summed E-state index contributed by atoms with van der Waals surface area (Å²) in [5, 5.41) is 4.93. The number of hydrogen-bond acceptors (Lipinski definition) is 1. The molecule has 0 heterocycles. The summed E-state index contributed by atoms with van der Waals surface area (Å²) in [7, 11) is 0. The van der Waals surface area contributed by atoms with Crippen LogP contribution in [0, 0.1) is 0 Å². The fraction of sp³-hybridized carbons (Fsp3) is 0.0286. The van der Waals surface area contributed by atoms with Crippen LogP contribution in [0.15, 0.2) is 285 Å². The minimum absolute atomic E-state index is 0.529. The second-order valence-corrected chi connectivity index (χ2v) is 19.1. The van der Waals surface area contributed by atoms with Gasteiger partial charge in [-0.05, 0) is 130 Å². The van der Waals surface area contributed by atoms with E-state index in [4.69, 9.17) is 0 Å². The van der Waals surface area contributed by atoms with E-state index in [0.29, 0.717) is 0 Å². The third-order valence-corrected chi connectivity index (χ3v) is 15.6. The highest BCUT2D eigenvalue weighted by Crippen LogP contribution is 2.64. The highest BCUT2D eigenvalue weighted by atomic mass is 15.1. The molecule has 0 N–H and O–H groups in total. The maximum absolute atomic E-state index is 2.45. The fourth-order valence-corrected chi connectivity index (χ4v) is 12.7. The molecule has 0 atom stereocenters. The monoisotopic (exact) mass is 901 g/mol. The largest absolute Gasteiger partial charge is 0.310 e. The van der Waals surface area contributed by atoms with Crippen molar-refractivity contribution in [2.24, 2.45) is 0 Å². The average Bonchev–Trinajstić information content (AvgIpc) is 3.75. The molecule has 71 heavy (non-hydrogen) atoms. The lowest BCUT2D eigenvalue weighted by atomic mass is 9.51. The molecule has 0 aliphatic heterocycles. The van der Waals surface area contributed by atoms with Crippen LogP contribution in [0.3, 0.4) is 0 Å². The van der Waals surface area contributed by atoms with Gasteiger partial charge in [-0.2, -0.15) is 0 Å². The lowest BCUT2D eigenvalue weighted by molar-refractivity contribution is 0.623. The first kappa shape index (κ1) is 41.0. The molecule has 0 unspecified atom stereocenters. The molecule has 0 saturated carbocycles. The molecule has 0 amide bonds. The van der Waals surface area contributed by atoms with Gasteiger partial charge in [0, 0.05) is 16.8 Å². The molecule has 2 aliphatic rings. The molecule has 1 spiro atoms. The Balaban J connectivity index is 0.908. The molecule has 0 aromatic heterocycles. The Morgan fingerprint density at radius 1 is 0.239 bits per heavy atom. The number of benzene rings is 12. The Morgan fingerprint density at radius 2 is 0.662 bits per heavy atom. The minimum Gasteiger partial charge on any atom is -0.310 e. The van der Waals surface area contributed by atoms with Crippen LogP contribution in [0.25, 0.3) is 54.9 Å². The lowest BCUT2D eigenvalue weighted by Crippen LogP contribution is -2.44. The maximum Gasteiger partial charge on any atom is 0.0720 e. The maximum atomic E-state index is 2.45. The van der Waals surface area contributed by atoms with E-state index in [9.17, 15) is 0 Å². The van der Waals surface area contributed by atoms with E-state index >= 15 is 0 Å². The van der Waals surface area contributed by atoms with Crippen molar-refractivity contribution in [3.63, 3.8) is 0 Å². The highest BCUT2D eigenvalue weighted by Gasteiger charge is 2.56. The molecule has 12 aromatic rings. The predicted molar refractivity (Wildman–Crippen MR) is 296 cm³/mol. The van der Waals surface area contributed by atoms with E-state index in [1.807, 2.05) is 0 Å². The Morgan fingerprint density at radius 3 is 1.28 bits per heavy atom. The molecule has 14 rings (SSSR count). The SMILES string of the molecule is c1ccc(C2(c3ccccc3)c3ccccc3C3(c4ccccc4-c4cc(-c5ccc(N(c6ccc(-c7cccc8ccccc78)cc6)c6cccc7ccccc67)cc5)ccc43)c3ccccc32)cc1. The number of nitrogens with zero attached hydrogens (tertiary/aromatic N) is 1.